The van der Waals surface area contributed by atoms with Crippen LogP contribution < -0.4 is 5.32 Å². The van der Waals surface area contributed by atoms with Crippen LogP contribution >= 0.6 is 0 Å². The number of nitrogens with zero attached hydrogens (tertiary/aromatic N) is 1. The van der Waals surface area contributed by atoms with Gasteiger partial charge in [-0.2, -0.15) is 0 Å². The number of hydrogen-bond donors (Lipinski definition) is 1. The van der Waals surface area contributed by atoms with Gasteiger partial charge in [0, 0.05) is 13.1 Å². The maximum absolute atomic E-state index is 3.55. The second-order valence-electron chi connectivity index (χ2n) is 6.69. The maximum Gasteiger partial charge on any atom is 0.00218 e. The Labute approximate surface area is 114 Å². The third-order valence-electron chi connectivity index (χ3n) is 5.01. The summed E-state index contributed by atoms with van der Waals surface area (Å²) in [5.74, 6) is 2.87. The molecular formula is C16H32N2. The van der Waals surface area contributed by atoms with Crippen molar-refractivity contribution < 1.29 is 0 Å². The van der Waals surface area contributed by atoms with Crippen LogP contribution in [-0.2, 0) is 0 Å². The lowest BCUT2D eigenvalue weighted by Gasteiger charge is -2.34. The van der Waals surface area contributed by atoms with E-state index in [4.69, 9.17) is 0 Å². The Balaban J connectivity index is 1.70. The van der Waals surface area contributed by atoms with Gasteiger partial charge >= 0.3 is 0 Å². The van der Waals surface area contributed by atoms with Gasteiger partial charge in [-0.05, 0) is 63.1 Å². The van der Waals surface area contributed by atoms with Gasteiger partial charge in [0.1, 0.15) is 0 Å². The van der Waals surface area contributed by atoms with Crippen molar-refractivity contribution >= 4 is 0 Å². The molecule has 0 aromatic heterocycles. The highest BCUT2D eigenvalue weighted by Gasteiger charge is 2.22. The van der Waals surface area contributed by atoms with E-state index in [0.717, 1.165) is 17.8 Å². The average Bonchev–Trinajstić information content (AvgIpc) is 2.41. The fourth-order valence-electron chi connectivity index (χ4n) is 3.65. The molecule has 18 heavy (non-hydrogen) atoms. The van der Waals surface area contributed by atoms with Crippen LogP contribution in [0.25, 0.3) is 0 Å². The lowest BCUT2D eigenvalue weighted by Crippen LogP contribution is -2.40. The quantitative estimate of drug-likeness (QED) is 0.808. The van der Waals surface area contributed by atoms with Crippen molar-refractivity contribution in [3.8, 4) is 0 Å². The Bertz CT molecular complexity index is 215. The van der Waals surface area contributed by atoms with E-state index in [0.29, 0.717) is 0 Å². The molecule has 0 bridgehead atoms. The van der Waals surface area contributed by atoms with Crippen molar-refractivity contribution in [2.24, 2.45) is 17.8 Å². The highest BCUT2D eigenvalue weighted by molar-refractivity contribution is 4.76. The molecule has 1 atom stereocenters. The topological polar surface area (TPSA) is 15.3 Å². The van der Waals surface area contributed by atoms with E-state index in [1.54, 1.807) is 0 Å². The summed E-state index contributed by atoms with van der Waals surface area (Å²) in [4.78, 5) is 2.72. The standard InChI is InChI=1S/C16H32N2/c1-3-18(13-16-5-4-10-17-11-16)12-15-8-6-14(2)7-9-15/h14-17H,3-13H2,1-2H3. The summed E-state index contributed by atoms with van der Waals surface area (Å²) in [5, 5.41) is 3.55. The number of piperidine rings is 1. The molecule has 106 valence electrons. The molecule has 1 unspecified atom stereocenters. The minimum atomic E-state index is 0.904. The van der Waals surface area contributed by atoms with Crippen LogP contribution in [0, 0.1) is 17.8 Å². The van der Waals surface area contributed by atoms with E-state index in [-0.39, 0.29) is 0 Å². The van der Waals surface area contributed by atoms with E-state index >= 15 is 0 Å². The van der Waals surface area contributed by atoms with Crippen LogP contribution in [-0.4, -0.2) is 37.6 Å². The van der Waals surface area contributed by atoms with E-state index in [2.05, 4.69) is 24.1 Å². The minimum Gasteiger partial charge on any atom is -0.316 e. The monoisotopic (exact) mass is 252 g/mol. The smallest absolute Gasteiger partial charge is 0.00218 e. The van der Waals surface area contributed by atoms with Gasteiger partial charge in [-0.1, -0.05) is 26.7 Å². The van der Waals surface area contributed by atoms with E-state index < -0.39 is 0 Å². The molecule has 1 saturated heterocycles. The van der Waals surface area contributed by atoms with Crippen molar-refractivity contribution in [3.63, 3.8) is 0 Å². The molecule has 0 aromatic carbocycles. The summed E-state index contributed by atoms with van der Waals surface area (Å²) in [7, 11) is 0. The summed E-state index contributed by atoms with van der Waals surface area (Å²) < 4.78 is 0. The van der Waals surface area contributed by atoms with E-state index in [1.807, 2.05) is 0 Å². The van der Waals surface area contributed by atoms with Gasteiger partial charge in [-0.3, -0.25) is 0 Å². The Morgan fingerprint density at radius 2 is 1.72 bits per heavy atom. The summed E-state index contributed by atoms with van der Waals surface area (Å²) in [6.45, 7) is 11.2. The SMILES string of the molecule is CCN(CC1CCC(C)CC1)CC1CCCNC1. The van der Waals surface area contributed by atoms with Crippen LogP contribution in [0.4, 0.5) is 0 Å². The van der Waals surface area contributed by atoms with Gasteiger partial charge in [-0.15, -0.1) is 0 Å². The molecule has 2 fully saturated rings. The average molecular weight is 252 g/mol. The van der Waals surface area contributed by atoms with Crippen LogP contribution in [0.5, 0.6) is 0 Å². The molecule has 0 amide bonds. The molecule has 2 nitrogen and oxygen atoms in total. The zero-order valence-corrected chi connectivity index (χ0v) is 12.5. The van der Waals surface area contributed by atoms with Gasteiger partial charge < -0.3 is 10.2 Å². The van der Waals surface area contributed by atoms with Crippen LogP contribution in [0.1, 0.15) is 52.4 Å². The fourth-order valence-corrected chi connectivity index (χ4v) is 3.65. The molecule has 1 N–H and O–H groups in total. The summed E-state index contributed by atoms with van der Waals surface area (Å²) >= 11 is 0. The van der Waals surface area contributed by atoms with Gasteiger partial charge in [0.2, 0.25) is 0 Å². The molecule has 0 aromatic rings. The second-order valence-corrected chi connectivity index (χ2v) is 6.69. The highest BCUT2D eigenvalue weighted by atomic mass is 15.1. The molecule has 0 spiro atoms. The Hall–Kier alpha value is -0.0800. The van der Waals surface area contributed by atoms with E-state index in [1.165, 1.54) is 71.2 Å². The van der Waals surface area contributed by atoms with Gasteiger partial charge in [-0.25, -0.2) is 0 Å². The number of hydrogen-bond acceptors (Lipinski definition) is 2. The zero-order chi connectivity index (χ0) is 12.8. The van der Waals surface area contributed by atoms with Crippen LogP contribution in [0.15, 0.2) is 0 Å². The third kappa shape index (κ3) is 4.55. The first-order chi connectivity index (χ1) is 8.78. The molecule has 1 aliphatic heterocycles. The molecule has 0 radical (unpaired) electrons. The predicted octanol–water partition coefficient (Wildman–Crippen LogP) is 3.13. The third-order valence-corrected chi connectivity index (χ3v) is 5.01. The second kappa shape index (κ2) is 7.49. The zero-order valence-electron chi connectivity index (χ0n) is 12.5. The minimum absolute atomic E-state index is 0.904. The molecule has 2 heteroatoms. The molecule has 1 heterocycles. The van der Waals surface area contributed by atoms with Gasteiger partial charge in [0.05, 0.1) is 0 Å². The number of rotatable bonds is 5. The first-order valence-corrected chi connectivity index (χ1v) is 8.21. The van der Waals surface area contributed by atoms with Gasteiger partial charge in [0.25, 0.3) is 0 Å². The van der Waals surface area contributed by atoms with Crippen molar-refractivity contribution in [1.29, 1.82) is 0 Å². The Kier molecular flexibility index (Phi) is 5.97. The summed E-state index contributed by atoms with van der Waals surface area (Å²) in [6.07, 6.45) is 8.69. The lowest BCUT2D eigenvalue weighted by atomic mass is 9.82. The highest BCUT2D eigenvalue weighted by Crippen LogP contribution is 2.29. The Morgan fingerprint density at radius 3 is 2.33 bits per heavy atom. The molecule has 1 aliphatic carbocycles. The van der Waals surface area contributed by atoms with Gasteiger partial charge in [0.15, 0.2) is 0 Å². The van der Waals surface area contributed by atoms with E-state index in [9.17, 15) is 0 Å². The first-order valence-electron chi connectivity index (χ1n) is 8.21. The first kappa shape index (κ1) is 14.3. The summed E-state index contributed by atoms with van der Waals surface area (Å²) in [5.41, 5.74) is 0. The van der Waals surface area contributed by atoms with Crippen molar-refractivity contribution in [3.05, 3.63) is 0 Å². The molecule has 2 rings (SSSR count). The normalized spacial score (nSPS) is 33.8. The van der Waals surface area contributed by atoms with Crippen molar-refractivity contribution in [2.75, 3.05) is 32.7 Å². The Morgan fingerprint density at radius 1 is 1.00 bits per heavy atom. The van der Waals surface area contributed by atoms with Crippen LogP contribution in [0.3, 0.4) is 0 Å². The maximum atomic E-state index is 3.55. The number of nitrogens with one attached hydrogen (secondary N) is 1. The molecular weight excluding hydrogens is 220 g/mol. The molecule has 1 saturated carbocycles. The van der Waals surface area contributed by atoms with Crippen LogP contribution in [0.2, 0.25) is 0 Å². The summed E-state index contributed by atoms with van der Waals surface area (Å²) in [6, 6.07) is 0. The lowest BCUT2D eigenvalue weighted by molar-refractivity contribution is 0.160. The van der Waals surface area contributed by atoms with Crippen molar-refractivity contribution in [1.82, 2.24) is 10.2 Å². The van der Waals surface area contributed by atoms with Crippen molar-refractivity contribution in [2.45, 2.75) is 52.4 Å². The molecule has 2 aliphatic rings. The fraction of sp³-hybridized carbons (Fsp3) is 1.00. The largest absolute Gasteiger partial charge is 0.316 e. The predicted molar refractivity (Wildman–Crippen MR) is 78.8 cm³/mol.